The summed E-state index contributed by atoms with van der Waals surface area (Å²) in [6.07, 6.45) is 8.47. The van der Waals surface area contributed by atoms with Crippen molar-refractivity contribution < 1.29 is 9.52 Å². The molecule has 1 unspecified atom stereocenters. The second kappa shape index (κ2) is 6.46. The zero-order valence-electron chi connectivity index (χ0n) is 9.41. The van der Waals surface area contributed by atoms with Crippen molar-refractivity contribution in [2.75, 3.05) is 0 Å². The van der Waals surface area contributed by atoms with Crippen molar-refractivity contribution in [1.82, 2.24) is 0 Å². The fourth-order valence-electron chi connectivity index (χ4n) is 1.61. The summed E-state index contributed by atoms with van der Waals surface area (Å²) in [7, 11) is 0. The van der Waals surface area contributed by atoms with Gasteiger partial charge >= 0.3 is 0 Å². The highest BCUT2D eigenvalue weighted by Gasteiger charge is 2.09. The Morgan fingerprint density at radius 2 is 2.27 bits per heavy atom. The van der Waals surface area contributed by atoms with E-state index in [4.69, 9.17) is 4.42 Å². The molecular weight excluding hydrogens is 188 g/mol. The average molecular weight is 208 g/mol. The van der Waals surface area contributed by atoms with Gasteiger partial charge in [0.05, 0.1) is 12.4 Å². The van der Waals surface area contributed by atoms with E-state index in [-0.39, 0.29) is 6.10 Å². The first-order chi connectivity index (χ1) is 7.24. The molecule has 0 fully saturated rings. The van der Waals surface area contributed by atoms with Crippen LogP contribution >= 0.6 is 0 Å². The van der Waals surface area contributed by atoms with Crippen molar-refractivity contribution in [3.05, 3.63) is 36.3 Å². The SMILES string of the molecule is C=CCCCCCC(O)c1coc(C)c1. The molecule has 0 spiro atoms. The lowest BCUT2D eigenvalue weighted by Crippen LogP contribution is -1.95. The Morgan fingerprint density at radius 1 is 1.47 bits per heavy atom. The van der Waals surface area contributed by atoms with Gasteiger partial charge in [-0.3, -0.25) is 0 Å². The lowest BCUT2D eigenvalue weighted by molar-refractivity contribution is 0.162. The summed E-state index contributed by atoms with van der Waals surface area (Å²) in [5.41, 5.74) is 0.899. The van der Waals surface area contributed by atoms with Gasteiger partial charge in [0, 0.05) is 5.56 Å². The van der Waals surface area contributed by atoms with Crippen molar-refractivity contribution in [1.29, 1.82) is 0 Å². The number of hydrogen-bond acceptors (Lipinski definition) is 2. The maximum atomic E-state index is 9.81. The molecule has 0 aliphatic carbocycles. The molecule has 0 saturated carbocycles. The Labute approximate surface area is 91.6 Å². The fourth-order valence-corrected chi connectivity index (χ4v) is 1.61. The van der Waals surface area contributed by atoms with Crippen LogP contribution in [0.4, 0.5) is 0 Å². The molecule has 0 saturated heterocycles. The standard InChI is InChI=1S/C13H20O2/c1-3-4-5-6-7-8-13(14)12-9-11(2)15-10-12/h3,9-10,13-14H,1,4-8H2,2H3. The predicted molar refractivity (Wildman–Crippen MR) is 61.7 cm³/mol. The van der Waals surface area contributed by atoms with Gasteiger partial charge in [-0.15, -0.1) is 6.58 Å². The molecule has 84 valence electrons. The van der Waals surface area contributed by atoms with Gasteiger partial charge in [-0.1, -0.05) is 18.9 Å². The molecule has 1 aromatic heterocycles. The van der Waals surface area contributed by atoms with Gasteiger partial charge in [0.2, 0.25) is 0 Å². The van der Waals surface area contributed by atoms with Crippen molar-refractivity contribution in [2.45, 2.75) is 45.1 Å². The van der Waals surface area contributed by atoms with Crippen LogP contribution in [0.5, 0.6) is 0 Å². The molecule has 1 heterocycles. The zero-order chi connectivity index (χ0) is 11.1. The van der Waals surface area contributed by atoms with E-state index in [0.717, 1.165) is 37.0 Å². The van der Waals surface area contributed by atoms with E-state index in [0.29, 0.717) is 0 Å². The minimum atomic E-state index is -0.369. The normalized spacial score (nSPS) is 12.7. The summed E-state index contributed by atoms with van der Waals surface area (Å²) in [5, 5.41) is 9.81. The molecule has 0 amide bonds. The molecule has 2 nitrogen and oxygen atoms in total. The molecule has 1 atom stereocenters. The monoisotopic (exact) mass is 208 g/mol. The summed E-state index contributed by atoms with van der Waals surface area (Å²) in [5.74, 6) is 0.857. The van der Waals surface area contributed by atoms with Crippen molar-refractivity contribution in [3.8, 4) is 0 Å². The first-order valence-electron chi connectivity index (χ1n) is 5.58. The van der Waals surface area contributed by atoms with Crippen LogP contribution in [-0.2, 0) is 0 Å². The smallest absolute Gasteiger partial charge is 0.101 e. The summed E-state index contributed by atoms with van der Waals surface area (Å²) >= 11 is 0. The minimum Gasteiger partial charge on any atom is -0.469 e. The van der Waals surface area contributed by atoms with Crippen LogP contribution < -0.4 is 0 Å². The van der Waals surface area contributed by atoms with Gasteiger partial charge in [-0.25, -0.2) is 0 Å². The predicted octanol–water partition coefficient (Wildman–Crippen LogP) is 3.76. The highest BCUT2D eigenvalue weighted by molar-refractivity contribution is 5.14. The van der Waals surface area contributed by atoms with Gasteiger partial charge in [-0.05, 0) is 32.3 Å². The maximum Gasteiger partial charge on any atom is 0.101 e. The molecule has 1 N–H and O–H groups in total. The van der Waals surface area contributed by atoms with Crippen LogP contribution in [0.15, 0.2) is 29.4 Å². The van der Waals surface area contributed by atoms with Crippen LogP contribution in [0.1, 0.15) is 49.5 Å². The molecule has 15 heavy (non-hydrogen) atoms. The Bertz CT molecular complexity index is 288. The highest BCUT2D eigenvalue weighted by Crippen LogP contribution is 2.21. The van der Waals surface area contributed by atoms with Gasteiger partial charge < -0.3 is 9.52 Å². The zero-order valence-corrected chi connectivity index (χ0v) is 9.41. The second-order valence-electron chi connectivity index (χ2n) is 3.93. The molecule has 0 radical (unpaired) electrons. The van der Waals surface area contributed by atoms with Crippen molar-refractivity contribution in [2.24, 2.45) is 0 Å². The van der Waals surface area contributed by atoms with Gasteiger partial charge in [0.1, 0.15) is 5.76 Å². The molecule has 1 rings (SSSR count). The molecular formula is C13H20O2. The fraction of sp³-hybridized carbons (Fsp3) is 0.538. The maximum absolute atomic E-state index is 9.81. The minimum absolute atomic E-state index is 0.369. The van der Waals surface area contributed by atoms with E-state index in [1.807, 2.05) is 19.1 Å². The van der Waals surface area contributed by atoms with Crippen LogP contribution in [0, 0.1) is 6.92 Å². The van der Waals surface area contributed by atoms with Gasteiger partial charge in [0.25, 0.3) is 0 Å². The molecule has 0 aliphatic heterocycles. The third-order valence-electron chi connectivity index (χ3n) is 2.52. The summed E-state index contributed by atoms with van der Waals surface area (Å²) in [6, 6.07) is 1.90. The first-order valence-corrected chi connectivity index (χ1v) is 5.58. The van der Waals surface area contributed by atoms with E-state index in [9.17, 15) is 5.11 Å². The Morgan fingerprint density at radius 3 is 2.87 bits per heavy atom. The first kappa shape index (κ1) is 12.1. The molecule has 1 aromatic rings. The molecule has 0 bridgehead atoms. The average Bonchev–Trinajstić information content (AvgIpc) is 2.64. The number of aliphatic hydroxyl groups is 1. The number of aliphatic hydroxyl groups excluding tert-OH is 1. The molecule has 0 aliphatic rings. The summed E-state index contributed by atoms with van der Waals surface area (Å²) < 4.78 is 5.16. The topological polar surface area (TPSA) is 33.4 Å². The van der Waals surface area contributed by atoms with Crippen LogP contribution in [0.3, 0.4) is 0 Å². The number of furan rings is 1. The lowest BCUT2D eigenvalue weighted by Gasteiger charge is -2.07. The summed E-state index contributed by atoms with van der Waals surface area (Å²) in [6.45, 7) is 5.57. The van der Waals surface area contributed by atoms with Crippen LogP contribution in [0.2, 0.25) is 0 Å². The number of aryl methyl sites for hydroxylation is 1. The van der Waals surface area contributed by atoms with E-state index in [1.54, 1.807) is 6.26 Å². The van der Waals surface area contributed by atoms with E-state index in [2.05, 4.69) is 6.58 Å². The third-order valence-corrected chi connectivity index (χ3v) is 2.52. The number of allylic oxidation sites excluding steroid dienone is 1. The van der Waals surface area contributed by atoms with Crippen molar-refractivity contribution >= 4 is 0 Å². The van der Waals surface area contributed by atoms with Gasteiger partial charge in [0.15, 0.2) is 0 Å². The van der Waals surface area contributed by atoms with E-state index >= 15 is 0 Å². The lowest BCUT2D eigenvalue weighted by atomic mass is 10.0. The number of rotatable bonds is 7. The van der Waals surface area contributed by atoms with E-state index in [1.165, 1.54) is 6.42 Å². The van der Waals surface area contributed by atoms with Crippen molar-refractivity contribution in [3.63, 3.8) is 0 Å². The second-order valence-corrected chi connectivity index (χ2v) is 3.93. The number of hydrogen-bond donors (Lipinski definition) is 1. The summed E-state index contributed by atoms with van der Waals surface area (Å²) in [4.78, 5) is 0. The Hall–Kier alpha value is -1.02. The number of unbranched alkanes of at least 4 members (excludes halogenated alkanes) is 3. The largest absolute Gasteiger partial charge is 0.469 e. The van der Waals surface area contributed by atoms with Crippen LogP contribution in [0.25, 0.3) is 0 Å². The third kappa shape index (κ3) is 4.34. The van der Waals surface area contributed by atoms with Crippen LogP contribution in [-0.4, -0.2) is 5.11 Å². The molecule has 2 heteroatoms. The quantitative estimate of drug-likeness (QED) is 0.546. The Balaban J connectivity index is 2.18. The molecule has 0 aromatic carbocycles. The highest BCUT2D eigenvalue weighted by atomic mass is 16.3. The Kier molecular flexibility index (Phi) is 5.19. The van der Waals surface area contributed by atoms with Gasteiger partial charge in [-0.2, -0.15) is 0 Å². The van der Waals surface area contributed by atoms with E-state index < -0.39 is 0 Å².